The van der Waals surface area contributed by atoms with E-state index < -0.39 is 33.7 Å². The molecule has 0 radical (unpaired) electrons. The molecule has 0 bridgehead atoms. The summed E-state index contributed by atoms with van der Waals surface area (Å²) in [5.41, 5.74) is 2.09. The Kier molecular flexibility index (Phi) is 6.23. The summed E-state index contributed by atoms with van der Waals surface area (Å²) >= 11 is 0. The molecule has 1 aliphatic rings. The molecule has 1 saturated heterocycles. The van der Waals surface area contributed by atoms with Crippen molar-refractivity contribution in [3.05, 3.63) is 84.3 Å². The van der Waals surface area contributed by atoms with E-state index in [0.29, 0.717) is 39.7 Å². The number of fused-ring (bicyclic) bond motifs is 1. The van der Waals surface area contributed by atoms with Crippen LogP contribution in [0.2, 0.25) is 0 Å². The number of hydrogen-bond donors (Lipinski definition) is 1. The van der Waals surface area contributed by atoms with Crippen molar-refractivity contribution < 1.29 is 31.1 Å². The average Bonchev–Trinajstić information content (AvgIpc) is 3.35. The number of sulfone groups is 1. The zero-order valence-corrected chi connectivity index (χ0v) is 20.6. The average molecular weight is 529 g/mol. The smallest absolute Gasteiger partial charge is 0.387 e. The molecule has 2 heterocycles. The van der Waals surface area contributed by atoms with Crippen LogP contribution in [0.5, 0.6) is 5.75 Å². The first-order valence-corrected chi connectivity index (χ1v) is 13.3. The Morgan fingerprint density at radius 1 is 1.08 bits per heavy atom. The first kappa shape index (κ1) is 24.9. The van der Waals surface area contributed by atoms with Crippen molar-refractivity contribution in [2.75, 3.05) is 11.5 Å². The molecule has 1 N–H and O–H groups in total. The van der Waals surface area contributed by atoms with Gasteiger partial charge in [-0.2, -0.15) is 8.78 Å². The highest BCUT2D eigenvalue weighted by Crippen LogP contribution is 2.34. The molecule has 0 unspecified atom stereocenters. The van der Waals surface area contributed by atoms with Crippen LogP contribution in [0.4, 0.5) is 13.2 Å². The molecule has 5 rings (SSSR count). The summed E-state index contributed by atoms with van der Waals surface area (Å²) in [6, 6.07) is 17.1. The van der Waals surface area contributed by atoms with Gasteiger partial charge in [-0.3, -0.25) is 4.79 Å². The van der Waals surface area contributed by atoms with Gasteiger partial charge in [0.05, 0.1) is 22.6 Å². The zero-order chi connectivity index (χ0) is 26.4. The molecule has 1 amide bonds. The lowest BCUT2D eigenvalue weighted by atomic mass is 10.00. The van der Waals surface area contributed by atoms with Crippen LogP contribution in [0.3, 0.4) is 0 Å². The fourth-order valence-corrected chi connectivity index (χ4v) is 6.80. The minimum atomic E-state index is -3.21. The molecule has 1 fully saturated rings. The van der Waals surface area contributed by atoms with E-state index in [-0.39, 0.29) is 17.3 Å². The molecule has 4 aromatic rings. The van der Waals surface area contributed by atoms with Gasteiger partial charge in [0.1, 0.15) is 11.6 Å². The van der Waals surface area contributed by atoms with Gasteiger partial charge in [-0.15, -0.1) is 0 Å². The second-order valence-corrected chi connectivity index (χ2v) is 11.6. The van der Waals surface area contributed by atoms with Gasteiger partial charge in [0, 0.05) is 34.5 Å². The number of halogens is 3. The highest BCUT2D eigenvalue weighted by atomic mass is 32.2. The van der Waals surface area contributed by atoms with Crippen molar-refractivity contribution >= 4 is 26.6 Å². The summed E-state index contributed by atoms with van der Waals surface area (Å²) in [4.78, 5) is 13.1. The van der Waals surface area contributed by atoms with E-state index >= 15 is 0 Å². The van der Waals surface area contributed by atoms with Crippen molar-refractivity contribution in [2.24, 2.45) is 0 Å². The van der Waals surface area contributed by atoms with Crippen molar-refractivity contribution in [1.82, 2.24) is 9.88 Å². The first-order chi connectivity index (χ1) is 17.5. The Morgan fingerprint density at radius 3 is 2.51 bits per heavy atom. The SMILES string of the molecule is C[C@]1(NC(=O)c2ccc3c(c2)c(-c2ccc(F)cc2)cn3-c2cccc(OC(F)F)c2)CCS(=O)(=O)C1. The number of benzene rings is 3. The molecule has 10 heteroatoms. The maximum absolute atomic E-state index is 13.6. The van der Waals surface area contributed by atoms with Crippen molar-refractivity contribution in [3.63, 3.8) is 0 Å². The molecule has 192 valence electrons. The molecule has 6 nitrogen and oxygen atoms in total. The van der Waals surface area contributed by atoms with Crippen LogP contribution < -0.4 is 10.1 Å². The van der Waals surface area contributed by atoms with Gasteiger partial charge < -0.3 is 14.6 Å². The Bertz CT molecular complexity index is 1600. The lowest BCUT2D eigenvalue weighted by Crippen LogP contribution is -2.46. The third-order valence-corrected chi connectivity index (χ3v) is 8.36. The van der Waals surface area contributed by atoms with Gasteiger partial charge in [-0.25, -0.2) is 12.8 Å². The van der Waals surface area contributed by atoms with E-state index in [4.69, 9.17) is 0 Å². The first-order valence-electron chi connectivity index (χ1n) is 11.5. The van der Waals surface area contributed by atoms with Crippen LogP contribution in [0.15, 0.2) is 72.9 Å². The quantitative estimate of drug-likeness (QED) is 0.366. The lowest BCUT2D eigenvalue weighted by molar-refractivity contribution is -0.0498. The van der Waals surface area contributed by atoms with Gasteiger partial charge in [-0.05, 0) is 61.4 Å². The molecule has 1 atom stereocenters. The summed E-state index contributed by atoms with van der Waals surface area (Å²) in [7, 11) is -3.21. The number of ether oxygens (including phenoxy) is 1. The topological polar surface area (TPSA) is 77.4 Å². The zero-order valence-electron chi connectivity index (χ0n) is 19.7. The molecule has 1 aliphatic heterocycles. The molecule has 37 heavy (non-hydrogen) atoms. The van der Waals surface area contributed by atoms with Crippen LogP contribution in [0.25, 0.3) is 27.7 Å². The minimum absolute atomic E-state index is 0.00607. The highest BCUT2D eigenvalue weighted by molar-refractivity contribution is 7.91. The van der Waals surface area contributed by atoms with Gasteiger partial charge in [-0.1, -0.05) is 18.2 Å². The Balaban J connectivity index is 1.59. The van der Waals surface area contributed by atoms with Gasteiger partial charge in [0.2, 0.25) is 0 Å². The highest BCUT2D eigenvalue weighted by Gasteiger charge is 2.39. The van der Waals surface area contributed by atoms with Crippen LogP contribution in [-0.2, 0) is 9.84 Å². The van der Waals surface area contributed by atoms with E-state index in [9.17, 15) is 26.4 Å². The third-order valence-electron chi connectivity index (χ3n) is 6.46. The summed E-state index contributed by atoms with van der Waals surface area (Å²) in [5.74, 6) is -0.916. The Labute approximate surface area is 211 Å². The lowest BCUT2D eigenvalue weighted by Gasteiger charge is -2.24. The van der Waals surface area contributed by atoms with Gasteiger partial charge in [0.15, 0.2) is 9.84 Å². The van der Waals surface area contributed by atoms with E-state index in [1.54, 1.807) is 60.2 Å². The third kappa shape index (κ3) is 5.20. The number of carbonyl (C=O) groups is 1. The summed E-state index contributed by atoms with van der Waals surface area (Å²) in [6.07, 6.45) is 2.11. The van der Waals surface area contributed by atoms with Crippen molar-refractivity contribution in [2.45, 2.75) is 25.5 Å². The molecule has 3 aromatic carbocycles. The maximum atomic E-state index is 13.6. The molecule has 0 saturated carbocycles. The number of amides is 1. The van der Waals surface area contributed by atoms with E-state index in [2.05, 4.69) is 10.1 Å². The van der Waals surface area contributed by atoms with Crippen LogP contribution in [0.1, 0.15) is 23.7 Å². The van der Waals surface area contributed by atoms with Crippen LogP contribution >= 0.6 is 0 Å². The fourth-order valence-electron chi connectivity index (χ4n) is 4.71. The largest absolute Gasteiger partial charge is 0.435 e. The second kappa shape index (κ2) is 9.26. The van der Waals surface area contributed by atoms with Crippen LogP contribution in [0, 0.1) is 5.82 Å². The van der Waals surface area contributed by atoms with Crippen LogP contribution in [-0.4, -0.2) is 42.5 Å². The minimum Gasteiger partial charge on any atom is -0.435 e. The molecular formula is C27H23F3N2O4S. The molecule has 0 aliphatic carbocycles. The van der Waals surface area contributed by atoms with Crippen molar-refractivity contribution in [1.29, 1.82) is 0 Å². The number of hydrogen-bond acceptors (Lipinski definition) is 4. The number of carbonyl (C=O) groups excluding carboxylic acids is 1. The summed E-state index contributed by atoms with van der Waals surface area (Å²) in [6.45, 7) is -1.26. The predicted molar refractivity (Wildman–Crippen MR) is 134 cm³/mol. The van der Waals surface area contributed by atoms with E-state index in [1.807, 2.05) is 0 Å². The van der Waals surface area contributed by atoms with Crippen molar-refractivity contribution in [3.8, 4) is 22.6 Å². The summed E-state index contributed by atoms with van der Waals surface area (Å²) < 4.78 is 69.4. The number of rotatable bonds is 6. The predicted octanol–water partition coefficient (Wildman–Crippen LogP) is 5.35. The maximum Gasteiger partial charge on any atom is 0.387 e. The normalized spacial score (nSPS) is 18.8. The fraction of sp³-hybridized carbons (Fsp3) is 0.222. The molecular weight excluding hydrogens is 505 g/mol. The standard InChI is InChI=1S/C27H23F3N2O4S/c1-27(11-12-37(34,35)16-27)31-25(33)18-7-10-24-22(13-18)23(17-5-8-19(28)9-6-17)15-32(24)20-3-2-4-21(14-20)36-26(29)30/h2-10,13-15,26H,11-12,16H2,1H3,(H,31,33)/t27-/m0/s1. The Morgan fingerprint density at radius 2 is 1.84 bits per heavy atom. The number of nitrogens with zero attached hydrogens (tertiary/aromatic N) is 1. The monoisotopic (exact) mass is 528 g/mol. The van der Waals surface area contributed by atoms with Gasteiger partial charge >= 0.3 is 6.61 Å². The van der Waals surface area contributed by atoms with E-state index in [1.165, 1.54) is 24.3 Å². The van der Waals surface area contributed by atoms with E-state index in [0.717, 1.165) is 0 Å². The Hall–Kier alpha value is -3.79. The number of alkyl halides is 2. The molecule has 0 spiro atoms. The number of nitrogens with one attached hydrogen (secondary N) is 1. The molecule has 1 aromatic heterocycles. The van der Waals surface area contributed by atoms with Gasteiger partial charge in [0.25, 0.3) is 5.91 Å². The number of aromatic nitrogens is 1. The summed E-state index contributed by atoms with van der Waals surface area (Å²) in [5, 5.41) is 3.53. The second-order valence-electron chi connectivity index (χ2n) is 9.38.